The van der Waals surface area contributed by atoms with Gasteiger partial charge in [0.15, 0.2) is 0 Å². The molecule has 0 spiro atoms. The summed E-state index contributed by atoms with van der Waals surface area (Å²) in [5.74, 6) is -1.12. The fourth-order valence-corrected chi connectivity index (χ4v) is 0.907. The van der Waals surface area contributed by atoms with Gasteiger partial charge in [0.1, 0.15) is 5.82 Å². The number of nitrogens with two attached hydrogens (primary N) is 2. The fraction of sp³-hybridized carbons (Fsp3) is 0.250. The van der Waals surface area contributed by atoms with Gasteiger partial charge in [0, 0.05) is 6.20 Å². The highest BCUT2D eigenvalue weighted by atomic mass is 19.1. The Hall–Kier alpha value is -1.49. The van der Waals surface area contributed by atoms with E-state index in [1.54, 1.807) is 0 Å². The molecule has 0 bridgehead atoms. The topological polar surface area (TPSA) is 82.0 Å². The number of carbonyl (C=O) groups excluding carboxylic acids is 1. The molecule has 1 heterocycles. The molecule has 0 radical (unpaired) electrons. The maximum atomic E-state index is 12.9. The zero-order valence-electron chi connectivity index (χ0n) is 6.90. The molecule has 0 aliphatic rings. The van der Waals surface area contributed by atoms with Crippen molar-refractivity contribution in [2.24, 2.45) is 11.5 Å². The third-order valence-electron chi connectivity index (χ3n) is 1.66. The Labute approximate surface area is 74.8 Å². The average molecular weight is 183 g/mol. The van der Waals surface area contributed by atoms with Crippen LogP contribution in [-0.4, -0.2) is 16.9 Å². The van der Waals surface area contributed by atoms with Gasteiger partial charge in [-0.25, -0.2) is 4.39 Å². The highest BCUT2D eigenvalue weighted by molar-refractivity contribution is 5.79. The lowest BCUT2D eigenvalue weighted by Gasteiger charge is -2.07. The fourth-order valence-electron chi connectivity index (χ4n) is 0.907. The molecule has 1 unspecified atom stereocenters. The van der Waals surface area contributed by atoms with E-state index < -0.39 is 17.8 Å². The van der Waals surface area contributed by atoms with Crippen LogP contribution >= 0.6 is 0 Å². The van der Waals surface area contributed by atoms with E-state index in [4.69, 9.17) is 11.5 Å². The monoisotopic (exact) mass is 183 g/mol. The van der Waals surface area contributed by atoms with Gasteiger partial charge >= 0.3 is 0 Å². The van der Waals surface area contributed by atoms with Crippen molar-refractivity contribution in [2.75, 3.05) is 0 Å². The second-order valence-electron chi connectivity index (χ2n) is 2.68. The Bertz CT molecular complexity index is 316. The van der Waals surface area contributed by atoms with E-state index in [1.807, 2.05) is 0 Å². The predicted octanol–water partition coefficient (Wildman–Crippen LogP) is -0.424. The summed E-state index contributed by atoms with van der Waals surface area (Å²) >= 11 is 0. The van der Waals surface area contributed by atoms with Crippen molar-refractivity contribution in [1.29, 1.82) is 0 Å². The van der Waals surface area contributed by atoms with Crippen LogP contribution in [0.15, 0.2) is 18.5 Å². The Morgan fingerprint density at radius 2 is 2.38 bits per heavy atom. The second kappa shape index (κ2) is 3.95. The van der Waals surface area contributed by atoms with Crippen molar-refractivity contribution in [3.63, 3.8) is 0 Å². The summed E-state index contributed by atoms with van der Waals surface area (Å²) in [7, 11) is 0. The summed E-state index contributed by atoms with van der Waals surface area (Å²) in [5, 5.41) is 0. The van der Waals surface area contributed by atoms with Gasteiger partial charge in [-0.1, -0.05) is 0 Å². The molecule has 5 heteroatoms. The van der Waals surface area contributed by atoms with E-state index in [9.17, 15) is 9.18 Å². The number of aromatic nitrogens is 1. The highest BCUT2D eigenvalue weighted by Gasteiger charge is 2.12. The summed E-state index contributed by atoms with van der Waals surface area (Å²) in [5.41, 5.74) is 10.6. The van der Waals surface area contributed by atoms with Crippen LogP contribution in [0.3, 0.4) is 0 Å². The van der Waals surface area contributed by atoms with Crippen molar-refractivity contribution >= 4 is 5.91 Å². The summed E-state index contributed by atoms with van der Waals surface area (Å²) in [4.78, 5) is 14.1. The van der Waals surface area contributed by atoms with Crippen LogP contribution in [0.4, 0.5) is 4.39 Å². The number of hydrogen-bond acceptors (Lipinski definition) is 3. The number of hydrogen-bond donors (Lipinski definition) is 2. The van der Waals surface area contributed by atoms with Crippen LogP contribution in [0.2, 0.25) is 0 Å². The van der Waals surface area contributed by atoms with Crippen molar-refractivity contribution < 1.29 is 9.18 Å². The van der Waals surface area contributed by atoms with Crippen LogP contribution in [0.1, 0.15) is 5.56 Å². The molecule has 70 valence electrons. The smallest absolute Gasteiger partial charge is 0.234 e. The SMILES string of the molecule is NC(=O)C(N)Cc1ccncc1F. The van der Waals surface area contributed by atoms with Gasteiger partial charge in [-0.2, -0.15) is 0 Å². The number of rotatable bonds is 3. The first kappa shape index (κ1) is 9.60. The van der Waals surface area contributed by atoms with E-state index >= 15 is 0 Å². The molecule has 1 atom stereocenters. The van der Waals surface area contributed by atoms with Gasteiger partial charge in [0.2, 0.25) is 5.91 Å². The predicted molar refractivity (Wildman–Crippen MR) is 45.1 cm³/mol. The molecule has 4 nitrogen and oxygen atoms in total. The van der Waals surface area contributed by atoms with Crippen LogP contribution in [0.5, 0.6) is 0 Å². The first-order chi connectivity index (χ1) is 6.11. The minimum absolute atomic E-state index is 0.101. The minimum atomic E-state index is -0.850. The van der Waals surface area contributed by atoms with E-state index in [1.165, 1.54) is 12.3 Å². The Morgan fingerprint density at radius 1 is 1.69 bits per heavy atom. The molecule has 0 fully saturated rings. The van der Waals surface area contributed by atoms with Crippen molar-refractivity contribution in [3.8, 4) is 0 Å². The number of primary amides is 1. The first-order valence-corrected chi connectivity index (χ1v) is 3.74. The van der Waals surface area contributed by atoms with Crippen LogP contribution < -0.4 is 11.5 Å². The van der Waals surface area contributed by atoms with Gasteiger partial charge in [-0.15, -0.1) is 0 Å². The number of nitrogens with zero attached hydrogens (tertiary/aromatic N) is 1. The maximum absolute atomic E-state index is 12.9. The largest absolute Gasteiger partial charge is 0.368 e. The molecule has 1 amide bonds. The normalized spacial score (nSPS) is 12.5. The summed E-state index contributed by atoms with van der Waals surface area (Å²) in [6.45, 7) is 0. The van der Waals surface area contributed by atoms with Gasteiger partial charge in [0.05, 0.1) is 12.2 Å². The molecule has 1 rings (SSSR count). The number of pyridine rings is 1. The summed E-state index contributed by atoms with van der Waals surface area (Å²) < 4.78 is 12.9. The van der Waals surface area contributed by atoms with E-state index in [0.29, 0.717) is 5.56 Å². The number of halogens is 1. The molecule has 13 heavy (non-hydrogen) atoms. The molecule has 4 N–H and O–H groups in total. The van der Waals surface area contributed by atoms with Crippen molar-refractivity contribution in [2.45, 2.75) is 12.5 Å². The van der Waals surface area contributed by atoms with E-state index in [-0.39, 0.29) is 6.42 Å². The van der Waals surface area contributed by atoms with Gasteiger partial charge in [0.25, 0.3) is 0 Å². The Balaban J connectivity index is 2.74. The molecule has 0 aromatic carbocycles. The third-order valence-corrected chi connectivity index (χ3v) is 1.66. The summed E-state index contributed by atoms with van der Waals surface area (Å²) in [6.07, 6.45) is 2.61. The molecular weight excluding hydrogens is 173 g/mol. The lowest BCUT2D eigenvalue weighted by Crippen LogP contribution is -2.38. The van der Waals surface area contributed by atoms with Crippen LogP contribution in [0.25, 0.3) is 0 Å². The maximum Gasteiger partial charge on any atom is 0.234 e. The van der Waals surface area contributed by atoms with Crippen LogP contribution in [-0.2, 0) is 11.2 Å². The van der Waals surface area contributed by atoms with Gasteiger partial charge in [-0.3, -0.25) is 9.78 Å². The standard InChI is InChI=1S/C8H10FN3O/c9-6-4-12-2-1-5(6)3-7(10)8(11)13/h1-2,4,7H,3,10H2,(H2,11,13). The minimum Gasteiger partial charge on any atom is -0.368 e. The zero-order valence-corrected chi connectivity index (χ0v) is 6.90. The highest BCUT2D eigenvalue weighted by Crippen LogP contribution is 2.06. The lowest BCUT2D eigenvalue weighted by molar-refractivity contribution is -0.119. The Morgan fingerprint density at radius 3 is 2.92 bits per heavy atom. The second-order valence-corrected chi connectivity index (χ2v) is 2.68. The lowest BCUT2D eigenvalue weighted by atomic mass is 10.1. The molecule has 0 saturated carbocycles. The van der Waals surface area contributed by atoms with Gasteiger partial charge in [-0.05, 0) is 18.1 Å². The molecule has 0 aliphatic carbocycles. The van der Waals surface area contributed by atoms with Gasteiger partial charge < -0.3 is 11.5 Å². The molecule has 0 aliphatic heterocycles. The van der Waals surface area contributed by atoms with E-state index in [2.05, 4.69) is 4.98 Å². The average Bonchev–Trinajstić information content (AvgIpc) is 2.08. The van der Waals surface area contributed by atoms with Crippen molar-refractivity contribution in [1.82, 2.24) is 4.98 Å². The third kappa shape index (κ3) is 2.48. The Kier molecular flexibility index (Phi) is 2.92. The first-order valence-electron chi connectivity index (χ1n) is 3.74. The molecule has 0 saturated heterocycles. The molecule has 1 aromatic rings. The number of carbonyl (C=O) groups is 1. The number of amides is 1. The summed E-state index contributed by atoms with van der Waals surface area (Å²) in [6, 6.07) is 0.620. The molecular formula is C8H10FN3O. The quantitative estimate of drug-likeness (QED) is 0.667. The van der Waals surface area contributed by atoms with Crippen molar-refractivity contribution in [3.05, 3.63) is 29.8 Å². The molecule has 1 aromatic heterocycles. The van der Waals surface area contributed by atoms with Crippen LogP contribution in [0, 0.1) is 5.82 Å². The van der Waals surface area contributed by atoms with E-state index in [0.717, 1.165) is 6.20 Å². The zero-order chi connectivity index (χ0) is 9.84.